The van der Waals surface area contributed by atoms with Gasteiger partial charge in [0.25, 0.3) is 0 Å². The molecule has 0 radical (unpaired) electrons. The summed E-state index contributed by atoms with van der Waals surface area (Å²) < 4.78 is 12.5. The molecule has 0 amide bonds. The van der Waals surface area contributed by atoms with E-state index >= 15 is 0 Å². The summed E-state index contributed by atoms with van der Waals surface area (Å²) >= 11 is 0. The van der Waals surface area contributed by atoms with Crippen LogP contribution in [0.5, 0.6) is 0 Å². The summed E-state index contributed by atoms with van der Waals surface area (Å²) in [4.78, 5) is 0. The standard InChI is InChI=1S/C6H12FN.ClH/c7-5-3-1-2-4-6(5)8;/h5-6H,1-4,8H2;1H/t5-,6+;/m1./s1. The van der Waals surface area contributed by atoms with Crippen molar-refractivity contribution in [1.29, 1.82) is 0 Å². The molecule has 56 valence electrons. The predicted molar refractivity (Wildman–Crippen MR) is 38.6 cm³/mol. The van der Waals surface area contributed by atoms with Crippen LogP contribution in [0.1, 0.15) is 25.7 Å². The Morgan fingerprint density at radius 1 is 1.22 bits per heavy atom. The average Bonchev–Trinajstić information content (AvgIpc) is 1.77. The Hall–Kier alpha value is 0.180. The molecule has 2 N–H and O–H groups in total. The fraction of sp³-hybridized carbons (Fsp3) is 1.00. The monoisotopic (exact) mass is 153 g/mol. The van der Waals surface area contributed by atoms with Crippen LogP contribution in [0.2, 0.25) is 0 Å². The minimum absolute atomic E-state index is 0. The van der Waals surface area contributed by atoms with Gasteiger partial charge in [0.15, 0.2) is 0 Å². The highest BCUT2D eigenvalue weighted by molar-refractivity contribution is 5.85. The first kappa shape index (κ1) is 9.18. The maximum absolute atomic E-state index is 12.5. The van der Waals surface area contributed by atoms with Crippen LogP contribution in [-0.2, 0) is 0 Å². The lowest BCUT2D eigenvalue weighted by Crippen LogP contribution is -2.34. The normalized spacial score (nSPS) is 35.3. The largest absolute Gasteiger partial charge is 0.325 e. The molecule has 1 rings (SSSR count). The van der Waals surface area contributed by atoms with Gasteiger partial charge in [0.1, 0.15) is 6.17 Å². The van der Waals surface area contributed by atoms with E-state index in [0.29, 0.717) is 6.42 Å². The second-order valence-corrected chi connectivity index (χ2v) is 2.46. The summed E-state index contributed by atoms with van der Waals surface area (Å²) in [6.07, 6.45) is 2.97. The van der Waals surface area contributed by atoms with Gasteiger partial charge in [0.2, 0.25) is 0 Å². The van der Waals surface area contributed by atoms with Gasteiger partial charge in [-0.15, -0.1) is 12.4 Å². The van der Waals surface area contributed by atoms with Crippen molar-refractivity contribution in [3.63, 3.8) is 0 Å². The predicted octanol–water partition coefficient (Wildman–Crippen LogP) is 1.65. The first-order valence-electron chi connectivity index (χ1n) is 3.20. The van der Waals surface area contributed by atoms with Crippen LogP contribution in [0.25, 0.3) is 0 Å². The molecule has 1 saturated carbocycles. The first-order chi connectivity index (χ1) is 3.80. The molecule has 1 fully saturated rings. The molecule has 0 saturated heterocycles. The Morgan fingerprint density at radius 3 is 2.11 bits per heavy atom. The van der Waals surface area contributed by atoms with Crippen molar-refractivity contribution in [2.45, 2.75) is 37.9 Å². The summed E-state index contributed by atoms with van der Waals surface area (Å²) in [6, 6.07) is -0.163. The van der Waals surface area contributed by atoms with E-state index in [0.717, 1.165) is 19.3 Å². The van der Waals surface area contributed by atoms with Crippen LogP contribution < -0.4 is 5.73 Å². The van der Waals surface area contributed by atoms with Gasteiger partial charge in [-0.25, -0.2) is 4.39 Å². The third-order valence-electron chi connectivity index (χ3n) is 1.73. The average molecular weight is 154 g/mol. The number of hydrogen-bond acceptors (Lipinski definition) is 1. The molecule has 1 nitrogen and oxygen atoms in total. The van der Waals surface area contributed by atoms with Gasteiger partial charge in [-0.05, 0) is 12.8 Å². The molecule has 0 aromatic carbocycles. The van der Waals surface area contributed by atoms with E-state index in [1.807, 2.05) is 0 Å². The molecular weight excluding hydrogens is 141 g/mol. The molecule has 0 bridgehead atoms. The van der Waals surface area contributed by atoms with Crippen molar-refractivity contribution >= 4 is 12.4 Å². The van der Waals surface area contributed by atoms with Gasteiger partial charge >= 0.3 is 0 Å². The zero-order valence-corrected chi connectivity index (χ0v) is 6.16. The van der Waals surface area contributed by atoms with Crippen LogP contribution in [0.3, 0.4) is 0 Å². The highest BCUT2D eigenvalue weighted by Gasteiger charge is 2.19. The van der Waals surface area contributed by atoms with E-state index in [1.165, 1.54) is 0 Å². The number of rotatable bonds is 0. The number of halogens is 2. The molecule has 1 aliphatic carbocycles. The molecule has 0 spiro atoms. The third-order valence-corrected chi connectivity index (χ3v) is 1.73. The van der Waals surface area contributed by atoms with E-state index in [-0.39, 0.29) is 18.4 Å². The maximum atomic E-state index is 12.5. The van der Waals surface area contributed by atoms with Gasteiger partial charge in [-0.1, -0.05) is 12.8 Å². The number of nitrogens with two attached hydrogens (primary N) is 1. The summed E-state index contributed by atoms with van der Waals surface area (Å²) in [6.45, 7) is 0. The molecule has 0 aromatic heterocycles. The highest BCUT2D eigenvalue weighted by Crippen LogP contribution is 2.18. The lowest BCUT2D eigenvalue weighted by molar-refractivity contribution is 0.218. The summed E-state index contributed by atoms with van der Waals surface area (Å²) in [5.41, 5.74) is 5.40. The van der Waals surface area contributed by atoms with Gasteiger partial charge < -0.3 is 5.73 Å². The summed E-state index contributed by atoms with van der Waals surface area (Å²) in [5.74, 6) is 0. The zero-order chi connectivity index (χ0) is 5.98. The van der Waals surface area contributed by atoms with Crippen LogP contribution in [0, 0.1) is 0 Å². The molecule has 9 heavy (non-hydrogen) atoms. The molecule has 1 aliphatic rings. The summed E-state index contributed by atoms with van der Waals surface area (Å²) in [5, 5.41) is 0. The van der Waals surface area contributed by atoms with E-state index in [2.05, 4.69) is 0 Å². The summed E-state index contributed by atoms with van der Waals surface area (Å²) in [7, 11) is 0. The zero-order valence-electron chi connectivity index (χ0n) is 5.35. The quantitative estimate of drug-likeness (QED) is 0.563. The van der Waals surface area contributed by atoms with Crippen molar-refractivity contribution in [3.05, 3.63) is 0 Å². The Kier molecular flexibility index (Phi) is 4.15. The van der Waals surface area contributed by atoms with Gasteiger partial charge in [0.05, 0.1) is 0 Å². The van der Waals surface area contributed by atoms with E-state index in [4.69, 9.17) is 5.73 Å². The SMILES string of the molecule is Cl.N[C@H]1CCCC[C@H]1F. The van der Waals surface area contributed by atoms with Crippen LogP contribution >= 0.6 is 12.4 Å². The van der Waals surface area contributed by atoms with Crippen molar-refractivity contribution in [2.24, 2.45) is 5.73 Å². The Bertz CT molecular complexity index is 69.5. The molecule has 0 unspecified atom stereocenters. The highest BCUT2D eigenvalue weighted by atomic mass is 35.5. The lowest BCUT2D eigenvalue weighted by Gasteiger charge is -2.21. The fourth-order valence-corrected chi connectivity index (χ4v) is 1.11. The third kappa shape index (κ3) is 2.50. The molecule has 0 aromatic rings. The second kappa shape index (κ2) is 4.07. The van der Waals surface area contributed by atoms with E-state index in [1.54, 1.807) is 0 Å². The van der Waals surface area contributed by atoms with Crippen molar-refractivity contribution in [2.75, 3.05) is 0 Å². The molecule has 0 aliphatic heterocycles. The first-order valence-corrected chi connectivity index (χ1v) is 3.20. The van der Waals surface area contributed by atoms with Crippen molar-refractivity contribution in [3.8, 4) is 0 Å². The van der Waals surface area contributed by atoms with Crippen molar-refractivity contribution < 1.29 is 4.39 Å². The Balaban J connectivity index is 0.000000640. The Morgan fingerprint density at radius 2 is 1.78 bits per heavy atom. The molecule has 3 heteroatoms. The van der Waals surface area contributed by atoms with Crippen molar-refractivity contribution in [1.82, 2.24) is 0 Å². The van der Waals surface area contributed by atoms with Crippen LogP contribution in [0.4, 0.5) is 4.39 Å². The minimum Gasteiger partial charge on any atom is -0.325 e. The maximum Gasteiger partial charge on any atom is 0.115 e. The smallest absolute Gasteiger partial charge is 0.115 e. The van der Waals surface area contributed by atoms with E-state index < -0.39 is 6.17 Å². The lowest BCUT2D eigenvalue weighted by atomic mass is 9.95. The van der Waals surface area contributed by atoms with E-state index in [9.17, 15) is 4.39 Å². The van der Waals surface area contributed by atoms with Gasteiger partial charge in [-0.2, -0.15) is 0 Å². The number of hydrogen-bond donors (Lipinski definition) is 1. The molecule has 0 heterocycles. The second-order valence-electron chi connectivity index (χ2n) is 2.46. The Labute approximate surface area is 61.2 Å². The number of alkyl halides is 1. The minimum atomic E-state index is -0.719. The molecule has 2 atom stereocenters. The topological polar surface area (TPSA) is 26.0 Å². The fourth-order valence-electron chi connectivity index (χ4n) is 1.11. The van der Waals surface area contributed by atoms with Crippen LogP contribution in [-0.4, -0.2) is 12.2 Å². The van der Waals surface area contributed by atoms with Gasteiger partial charge in [-0.3, -0.25) is 0 Å². The molecular formula is C6H13ClFN. The van der Waals surface area contributed by atoms with Crippen LogP contribution in [0.15, 0.2) is 0 Å². The van der Waals surface area contributed by atoms with Gasteiger partial charge in [0, 0.05) is 6.04 Å².